The van der Waals surface area contributed by atoms with Gasteiger partial charge >= 0.3 is 0 Å². The van der Waals surface area contributed by atoms with Crippen LogP contribution in [0.5, 0.6) is 0 Å². The standard InChI is InChI=1S/C22H12N4/c1-2-6-14-13(5-1)9-10-15-18(14)20-21(24-12-11-23-20)22-19(15)25-16-7-3-4-8-17(16)26-22/h1-12H. The largest absolute Gasteiger partial charge is 0.252 e. The number of benzene rings is 4. The molecule has 0 saturated heterocycles. The lowest BCUT2D eigenvalue weighted by Gasteiger charge is -2.11. The van der Waals surface area contributed by atoms with Gasteiger partial charge in [0.05, 0.1) is 22.1 Å². The van der Waals surface area contributed by atoms with E-state index in [0.717, 1.165) is 49.3 Å². The lowest BCUT2D eigenvalue weighted by Crippen LogP contribution is -1.94. The fraction of sp³-hybridized carbons (Fsp3) is 0. The molecule has 2 aromatic heterocycles. The topological polar surface area (TPSA) is 51.6 Å². The van der Waals surface area contributed by atoms with Crippen LogP contribution in [0.1, 0.15) is 0 Å². The summed E-state index contributed by atoms with van der Waals surface area (Å²) in [7, 11) is 0. The van der Waals surface area contributed by atoms with Gasteiger partial charge in [0.15, 0.2) is 0 Å². The second-order valence-electron chi connectivity index (χ2n) is 6.37. The highest BCUT2D eigenvalue weighted by Gasteiger charge is 2.15. The van der Waals surface area contributed by atoms with Crippen molar-refractivity contribution in [2.45, 2.75) is 0 Å². The third-order valence-electron chi connectivity index (χ3n) is 4.91. The van der Waals surface area contributed by atoms with E-state index in [1.165, 1.54) is 5.39 Å². The van der Waals surface area contributed by atoms with Crippen molar-refractivity contribution in [2.24, 2.45) is 0 Å². The van der Waals surface area contributed by atoms with Crippen molar-refractivity contribution in [3.63, 3.8) is 0 Å². The fourth-order valence-electron chi connectivity index (χ4n) is 3.77. The van der Waals surface area contributed by atoms with Gasteiger partial charge in [-0.25, -0.2) is 9.97 Å². The van der Waals surface area contributed by atoms with Gasteiger partial charge in [-0.15, -0.1) is 0 Å². The lowest BCUT2D eigenvalue weighted by molar-refractivity contribution is 1.30. The molecule has 0 aliphatic rings. The molecule has 0 atom stereocenters. The molecule has 0 unspecified atom stereocenters. The summed E-state index contributed by atoms with van der Waals surface area (Å²) in [6.07, 6.45) is 3.46. The van der Waals surface area contributed by atoms with Gasteiger partial charge in [-0.3, -0.25) is 9.97 Å². The maximum absolute atomic E-state index is 4.93. The number of nitrogens with zero attached hydrogens (tertiary/aromatic N) is 4. The van der Waals surface area contributed by atoms with E-state index in [1.807, 2.05) is 24.3 Å². The summed E-state index contributed by atoms with van der Waals surface area (Å²) in [4.78, 5) is 19.1. The summed E-state index contributed by atoms with van der Waals surface area (Å²) >= 11 is 0. The van der Waals surface area contributed by atoms with Gasteiger partial charge in [-0.1, -0.05) is 48.5 Å². The zero-order valence-electron chi connectivity index (χ0n) is 13.7. The Bertz CT molecular complexity index is 1480. The van der Waals surface area contributed by atoms with Crippen molar-refractivity contribution in [3.8, 4) is 0 Å². The predicted molar refractivity (Wildman–Crippen MR) is 105 cm³/mol. The highest BCUT2D eigenvalue weighted by Crippen LogP contribution is 2.36. The van der Waals surface area contributed by atoms with E-state index in [4.69, 9.17) is 9.97 Å². The Morgan fingerprint density at radius 2 is 1.19 bits per heavy atom. The Morgan fingerprint density at radius 1 is 0.500 bits per heavy atom. The molecule has 0 saturated carbocycles. The average molecular weight is 332 g/mol. The second-order valence-corrected chi connectivity index (χ2v) is 6.37. The molecule has 0 N–H and O–H groups in total. The smallest absolute Gasteiger partial charge is 0.118 e. The van der Waals surface area contributed by atoms with Gasteiger partial charge in [0, 0.05) is 23.2 Å². The molecule has 0 bridgehead atoms. The highest BCUT2D eigenvalue weighted by molar-refractivity contribution is 6.28. The van der Waals surface area contributed by atoms with Crippen molar-refractivity contribution < 1.29 is 0 Å². The SMILES string of the molecule is c1ccc2c(c1)ccc1c3nc4ccccc4nc3c3nccnc3c21. The Labute approximate surface area is 148 Å². The molecule has 2 heterocycles. The van der Waals surface area contributed by atoms with Crippen LogP contribution >= 0.6 is 0 Å². The predicted octanol–water partition coefficient (Wildman–Crippen LogP) is 5.03. The average Bonchev–Trinajstić information content (AvgIpc) is 2.72. The van der Waals surface area contributed by atoms with Crippen molar-refractivity contribution >= 4 is 54.6 Å². The first-order chi connectivity index (χ1) is 12.9. The summed E-state index contributed by atoms with van der Waals surface area (Å²) in [6, 6.07) is 20.6. The van der Waals surface area contributed by atoms with E-state index in [2.05, 4.69) is 46.4 Å². The van der Waals surface area contributed by atoms with Gasteiger partial charge in [-0.05, 0) is 22.9 Å². The zero-order chi connectivity index (χ0) is 17.1. The first-order valence-electron chi connectivity index (χ1n) is 8.51. The summed E-state index contributed by atoms with van der Waals surface area (Å²) < 4.78 is 0. The van der Waals surface area contributed by atoms with Crippen LogP contribution in [0.3, 0.4) is 0 Å². The third kappa shape index (κ3) is 1.73. The molecule has 0 fully saturated rings. The highest BCUT2D eigenvalue weighted by atomic mass is 14.9. The Kier molecular flexibility index (Phi) is 2.58. The number of fused-ring (bicyclic) bond motifs is 9. The summed E-state index contributed by atoms with van der Waals surface area (Å²) in [5, 5.41) is 4.49. The van der Waals surface area contributed by atoms with Crippen LogP contribution in [0.2, 0.25) is 0 Å². The van der Waals surface area contributed by atoms with Gasteiger partial charge in [0.2, 0.25) is 0 Å². The van der Waals surface area contributed by atoms with Gasteiger partial charge in [0.1, 0.15) is 11.0 Å². The first-order valence-corrected chi connectivity index (χ1v) is 8.51. The molecule has 6 aromatic rings. The van der Waals surface area contributed by atoms with E-state index in [1.54, 1.807) is 12.4 Å². The molecule has 6 rings (SSSR count). The molecule has 4 heteroatoms. The minimum Gasteiger partial charge on any atom is -0.252 e. The number of hydrogen-bond donors (Lipinski definition) is 0. The quantitative estimate of drug-likeness (QED) is 0.289. The third-order valence-corrected chi connectivity index (χ3v) is 4.91. The Morgan fingerprint density at radius 3 is 2.04 bits per heavy atom. The fourth-order valence-corrected chi connectivity index (χ4v) is 3.77. The van der Waals surface area contributed by atoms with Crippen LogP contribution in [0.15, 0.2) is 73.1 Å². The maximum atomic E-state index is 4.93. The van der Waals surface area contributed by atoms with E-state index in [9.17, 15) is 0 Å². The van der Waals surface area contributed by atoms with Gasteiger partial charge in [-0.2, -0.15) is 0 Å². The van der Waals surface area contributed by atoms with Crippen LogP contribution in [0, 0.1) is 0 Å². The zero-order valence-corrected chi connectivity index (χ0v) is 13.7. The molecule has 26 heavy (non-hydrogen) atoms. The summed E-state index contributed by atoms with van der Waals surface area (Å²) in [5.41, 5.74) is 5.10. The van der Waals surface area contributed by atoms with Crippen LogP contribution in [-0.2, 0) is 0 Å². The molecule has 4 aromatic carbocycles. The molecule has 0 spiro atoms. The normalized spacial score (nSPS) is 11.8. The molecule has 0 aliphatic carbocycles. The second kappa shape index (κ2) is 4.92. The van der Waals surface area contributed by atoms with Crippen LogP contribution in [-0.4, -0.2) is 19.9 Å². The molecule has 0 amide bonds. The number of hydrogen-bond acceptors (Lipinski definition) is 4. The monoisotopic (exact) mass is 332 g/mol. The number of para-hydroxylation sites is 2. The van der Waals surface area contributed by atoms with Crippen LogP contribution in [0.4, 0.5) is 0 Å². The molecule has 0 radical (unpaired) electrons. The van der Waals surface area contributed by atoms with Crippen molar-refractivity contribution in [1.82, 2.24) is 19.9 Å². The number of rotatable bonds is 0. The van der Waals surface area contributed by atoms with Crippen LogP contribution < -0.4 is 0 Å². The first kappa shape index (κ1) is 13.6. The minimum absolute atomic E-state index is 0.796. The lowest BCUT2D eigenvalue weighted by atomic mass is 9.99. The maximum Gasteiger partial charge on any atom is 0.118 e. The van der Waals surface area contributed by atoms with E-state index >= 15 is 0 Å². The van der Waals surface area contributed by atoms with Crippen LogP contribution in [0.25, 0.3) is 54.6 Å². The Hall–Kier alpha value is -3.66. The number of aromatic nitrogens is 4. The minimum atomic E-state index is 0.796. The summed E-state index contributed by atoms with van der Waals surface area (Å²) in [5.74, 6) is 0. The molecular formula is C22H12N4. The van der Waals surface area contributed by atoms with Crippen molar-refractivity contribution in [1.29, 1.82) is 0 Å². The van der Waals surface area contributed by atoms with Crippen molar-refractivity contribution in [2.75, 3.05) is 0 Å². The van der Waals surface area contributed by atoms with E-state index in [0.29, 0.717) is 0 Å². The van der Waals surface area contributed by atoms with Gasteiger partial charge < -0.3 is 0 Å². The van der Waals surface area contributed by atoms with Crippen molar-refractivity contribution in [3.05, 3.63) is 73.1 Å². The molecular weight excluding hydrogens is 320 g/mol. The van der Waals surface area contributed by atoms with E-state index in [-0.39, 0.29) is 0 Å². The molecule has 4 nitrogen and oxygen atoms in total. The van der Waals surface area contributed by atoms with E-state index < -0.39 is 0 Å². The molecule has 0 aliphatic heterocycles. The molecule has 120 valence electrons. The summed E-state index contributed by atoms with van der Waals surface area (Å²) in [6.45, 7) is 0. The Balaban J connectivity index is 2.00. The van der Waals surface area contributed by atoms with Gasteiger partial charge in [0.25, 0.3) is 0 Å².